The van der Waals surface area contributed by atoms with Crippen LogP contribution in [0.4, 0.5) is 5.69 Å². The Morgan fingerprint density at radius 1 is 1.32 bits per heavy atom. The number of methoxy groups -OCH3 is 1. The van der Waals surface area contributed by atoms with Crippen LogP contribution in [-0.4, -0.2) is 23.3 Å². The Labute approximate surface area is 121 Å². The first-order valence-corrected chi connectivity index (χ1v) is 6.44. The molecule has 1 aliphatic rings. The number of hydrogen-bond donors (Lipinski definition) is 1. The molecule has 0 spiro atoms. The van der Waals surface area contributed by atoms with Gasteiger partial charge in [-0.1, -0.05) is 12.1 Å². The van der Waals surface area contributed by atoms with E-state index in [4.69, 9.17) is 23.2 Å². The molecule has 1 saturated carbocycles. The summed E-state index contributed by atoms with van der Waals surface area (Å²) in [5.41, 5.74) is -0.159. The van der Waals surface area contributed by atoms with Crippen LogP contribution in [0.25, 0.3) is 0 Å². The lowest BCUT2D eigenvalue weighted by Gasteiger charge is -2.14. The minimum absolute atomic E-state index is 0.289. The molecule has 1 atom stereocenters. The molecule has 0 saturated heterocycles. The third-order valence-electron chi connectivity index (χ3n) is 3.34. The molecule has 1 N–H and O–H groups in total. The molecule has 1 aliphatic carbocycles. The molecule has 1 aromatic rings. The fraction of sp³-hybridized carbons (Fsp3) is 0.385. The van der Waals surface area contributed by atoms with E-state index in [-0.39, 0.29) is 11.5 Å². The Kier molecular flexibility index (Phi) is 3.49. The van der Waals surface area contributed by atoms with Crippen molar-refractivity contribution in [3.05, 3.63) is 29.8 Å². The van der Waals surface area contributed by atoms with Crippen LogP contribution in [0.3, 0.4) is 0 Å². The normalized spacial score (nSPS) is 23.6. The maximum atomic E-state index is 12.1. The van der Waals surface area contributed by atoms with Gasteiger partial charge in [0.2, 0.25) is 5.91 Å². The van der Waals surface area contributed by atoms with Gasteiger partial charge in [0, 0.05) is 0 Å². The Morgan fingerprint density at radius 2 is 1.89 bits per heavy atom. The van der Waals surface area contributed by atoms with Crippen LogP contribution < -0.4 is 5.32 Å². The molecule has 0 radical (unpaired) electrons. The van der Waals surface area contributed by atoms with Crippen LogP contribution in [-0.2, 0) is 9.53 Å². The SMILES string of the molecule is COC(=O)c1ccccc1NC(=O)C1(C)CC1(Cl)Cl. The van der Waals surface area contributed by atoms with Crippen molar-refractivity contribution in [3.63, 3.8) is 0 Å². The van der Waals surface area contributed by atoms with E-state index in [1.165, 1.54) is 7.11 Å². The molecule has 4 nitrogen and oxygen atoms in total. The highest BCUT2D eigenvalue weighted by molar-refractivity contribution is 6.53. The van der Waals surface area contributed by atoms with Gasteiger partial charge in [-0.3, -0.25) is 4.79 Å². The molecule has 1 aromatic carbocycles. The summed E-state index contributed by atoms with van der Waals surface area (Å²) in [5.74, 6) is -0.825. The van der Waals surface area contributed by atoms with Gasteiger partial charge in [-0.25, -0.2) is 4.79 Å². The third kappa shape index (κ3) is 2.42. The first-order valence-electron chi connectivity index (χ1n) is 5.68. The number of hydrogen-bond acceptors (Lipinski definition) is 3. The molecule has 1 fully saturated rings. The summed E-state index contributed by atoms with van der Waals surface area (Å²) >= 11 is 11.9. The lowest BCUT2D eigenvalue weighted by Crippen LogP contribution is -2.26. The monoisotopic (exact) mass is 301 g/mol. The Morgan fingerprint density at radius 3 is 2.42 bits per heavy atom. The van der Waals surface area contributed by atoms with Crippen LogP contribution in [0, 0.1) is 5.41 Å². The molecular formula is C13H13Cl2NO3. The number of carbonyl (C=O) groups is 2. The first kappa shape index (κ1) is 14.2. The van der Waals surface area contributed by atoms with Gasteiger partial charge < -0.3 is 10.1 Å². The van der Waals surface area contributed by atoms with Crippen molar-refractivity contribution in [2.75, 3.05) is 12.4 Å². The van der Waals surface area contributed by atoms with Crippen molar-refractivity contribution < 1.29 is 14.3 Å². The Balaban J connectivity index is 2.21. The summed E-state index contributed by atoms with van der Waals surface area (Å²) in [4.78, 5) is 23.7. The average molecular weight is 302 g/mol. The van der Waals surface area contributed by atoms with E-state index in [0.717, 1.165) is 0 Å². The van der Waals surface area contributed by atoms with E-state index in [1.807, 2.05) is 0 Å². The van der Waals surface area contributed by atoms with Crippen LogP contribution in [0.2, 0.25) is 0 Å². The summed E-state index contributed by atoms with van der Waals surface area (Å²) in [6, 6.07) is 6.60. The number of anilines is 1. The Hall–Kier alpha value is -1.26. The number of carbonyl (C=O) groups excluding carboxylic acids is 2. The van der Waals surface area contributed by atoms with E-state index in [2.05, 4.69) is 10.1 Å². The van der Waals surface area contributed by atoms with Gasteiger partial charge in [0.05, 0.1) is 23.8 Å². The number of para-hydroxylation sites is 1. The van der Waals surface area contributed by atoms with Crippen LogP contribution in [0.1, 0.15) is 23.7 Å². The second-order valence-corrected chi connectivity index (χ2v) is 6.19. The lowest BCUT2D eigenvalue weighted by molar-refractivity contribution is -0.120. The maximum absolute atomic E-state index is 12.1. The number of halogens is 2. The van der Waals surface area contributed by atoms with Crippen LogP contribution in [0.5, 0.6) is 0 Å². The van der Waals surface area contributed by atoms with E-state index in [9.17, 15) is 9.59 Å². The topological polar surface area (TPSA) is 55.4 Å². The van der Waals surface area contributed by atoms with Gasteiger partial charge in [-0.05, 0) is 25.5 Å². The fourth-order valence-electron chi connectivity index (χ4n) is 1.79. The number of nitrogens with one attached hydrogen (secondary N) is 1. The molecule has 6 heteroatoms. The molecule has 0 aromatic heterocycles. The van der Waals surface area contributed by atoms with E-state index < -0.39 is 15.7 Å². The summed E-state index contributed by atoms with van der Waals surface area (Å²) in [7, 11) is 1.28. The number of amides is 1. The third-order valence-corrected chi connectivity index (χ3v) is 4.44. The van der Waals surface area contributed by atoms with Crippen LogP contribution >= 0.6 is 23.2 Å². The summed E-state index contributed by atoms with van der Waals surface area (Å²) < 4.78 is 3.61. The zero-order valence-corrected chi connectivity index (χ0v) is 12.0. The minimum atomic E-state index is -1.04. The molecular weight excluding hydrogens is 289 g/mol. The number of ether oxygens (including phenoxy) is 1. The molecule has 0 heterocycles. The number of esters is 1. The van der Waals surface area contributed by atoms with Crippen LogP contribution in [0.15, 0.2) is 24.3 Å². The highest BCUT2D eigenvalue weighted by Gasteiger charge is 2.67. The molecule has 0 bridgehead atoms. The van der Waals surface area contributed by atoms with Gasteiger partial charge in [0.1, 0.15) is 4.33 Å². The molecule has 1 unspecified atom stereocenters. The molecule has 19 heavy (non-hydrogen) atoms. The first-order chi connectivity index (χ1) is 8.82. The van der Waals surface area contributed by atoms with Crippen molar-refractivity contribution in [1.82, 2.24) is 0 Å². The van der Waals surface area contributed by atoms with E-state index >= 15 is 0 Å². The van der Waals surface area contributed by atoms with E-state index in [1.54, 1.807) is 31.2 Å². The van der Waals surface area contributed by atoms with E-state index in [0.29, 0.717) is 12.1 Å². The largest absolute Gasteiger partial charge is 0.465 e. The molecule has 102 valence electrons. The molecule has 2 rings (SSSR count). The molecule has 1 amide bonds. The van der Waals surface area contributed by atoms with Crippen molar-refractivity contribution >= 4 is 40.8 Å². The predicted octanol–water partition coefficient (Wildman–Crippen LogP) is 3.00. The highest BCUT2D eigenvalue weighted by atomic mass is 35.5. The van der Waals surface area contributed by atoms with Gasteiger partial charge in [-0.2, -0.15) is 0 Å². The van der Waals surface area contributed by atoms with Gasteiger partial charge in [0.15, 0.2) is 0 Å². The smallest absolute Gasteiger partial charge is 0.339 e. The standard InChI is InChI=1S/C13H13Cl2NO3/c1-12(7-13(12,14)15)11(18)16-9-6-4-3-5-8(9)10(17)19-2/h3-6H,7H2,1-2H3,(H,16,18). The maximum Gasteiger partial charge on any atom is 0.339 e. The predicted molar refractivity (Wildman–Crippen MR) is 73.6 cm³/mol. The molecule has 0 aliphatic heterocycles. The lowest BCUT2D eigenvalue weighted by atomic mass is 10.1. The van der Waals surface area contributed by atoms with Gasteiger partial charge >= 0.3 is 5.97 Å². The van der Waals surface area contributed by atoms with Crippen molar-refractivity contribution in [2.24, 2.45) is 5.41 Å². The quantitative estimate of drug-likeness (QED) is 0.690. The zero-order valence-electron chi connectivity index (χ0n) is 10.5. The van der Waals surface area contributed by atoms with Gasteiger partial charge in [0.25, 0.3) is 0 Å². The average Bonchev–Trinajstić information content (AvgIpc) is 2.90. The van der Waals surface area contributed by atoms with Crippen molar-refractivity contribution in [1.29, 1.82) is 0 Å². The number of alkyl halides is 2. The van der Waals surface area contributed by atoms with Crippen molar-refractivity contribution in [3.8, 4) is 0 Å². The number of rotatable bonds is 3. The summed E-state index contributed by atoms with van der Waals surface area (Å²) in [5, 5.41) is 2.68. The minimum Gasteiger partial charge on any atom is -0.465 e. The zero-order chi connectivity index (χ0) is 14.3. The highest BCUT2D eigenvalue weighted by Crippen LogP contribution is 2.64. The second-order valence-electron chi connectivity index (χ2n) is 4.70. The number of benzene rings is 1. The summed E-state index contributed by atoms with van der Waals surface area (Å²) in [6.45, 7) is 1.68. The second kappa shape index (κ2) is 4.69. The Bertz CT molecular complexity index is 544. The fourth-order valence-corrected chi connectivity index (χ4v) is 2.49. The van der Waals surface area contributed by atoms with Crippen molar-refractivity contribution in [2.45, 2.75) is 17.7 Å². The summed E-state index contributed by atoms with van der Waals surface area (Å²) in [6.07, 6.45) is 0.384. The van der Waals surface area contributed by atoms with Gasteiger partial charge in [-0.15, -0.1) is 23.2 Å².